The van der Waals surface area contributed by atoms with Gasteiger partial charge in [-0.05, 0) is 24.6 Å². The van der Waals surface area contributed by atoms with Crippen LogP contribution < -0.4 is 10.5 Å². The molecule has 2 rings (SSSR count). The van der Waals surface area contributed by atoms with Gasteiger partial charge < -0.3 is 5.32 Å². The molecule has 2 aromatic rings. The topological polar surface area (TPSA) is 102 Å². The second kappa shape index (κ2) is 6.77. The van der Waals surface area contributed by atoms with Crippen molar-refractivity contribution in [1.82, 2.24) is 4.98 Å². The molecule has 0 fully saturated rings. The number of hydrogen-bond donors (Lipinski definition) is 2. The summed E-state index contributed by atoms with van der Waals surface area (Å²) in [6.07, 6.45) is 0.617. The summed E-state index contributed by atoms with van der Waals surface area (Å²) in [4.78, 5) is 17.2. The Morgan fingerprint density at radius 1 is 1.30 bits per heavy atom. The molecule has 23 heavy (non-hydrogen) atoms. The van der Waals surface area contributed by atoms with E-state index in [1.54, 1.807) is 12.1 Å². The number of aromatic nitrogens is 1. The smallest absolute Gasteiger partial charge is 0.238 e. The Balaban J connectivity index is 2.14. The molecule has 1 heterocycles. The third kappa shape index (κ3) is 4.60. The molecular weight excluding hydrogens is 334 g/mol. The standard InChI is InChI=1S/C15H19N3O3S2/c1-9(2)14(19)18-15-17-10(3)13(22-15)8-11-4-6-12(7-5-11)23(16,20)21/h4-7,9H,8H2,1-3H3,(H2,16,20,21)(H,17,18,19). The van der Waals surface area contributed by atoms with Gasteiger partial charge in [-0.15, -0.1) is 11.3 Å². The average Bonchev–Trinajstić information content (AvgIpc) is 2.78. The lowest BCUT2D eigenvalue weighted by Gasteiger charge is -2.03. The summed E-state index contributed by atoms with van der Waals surface area (Å²) < 4.78 is 22.5. The second-order valence-electron chi connectivity index (χ2n) is 5.54. The van der Waals surface area contributed by atoms with E-state index in [4.69, 9.17) is 5.14 Å². The van der Waals surface area contributed by atoms with Gasteiger partial charge in [0.2, 0.25) is 15.9 Å². The number of nitrogens with one attached hydrogen (secondary N) is 1. The number of carbonyl (C=O) groups excluding carboxylic acids is 1. The van der Waals surface area contributed by atoms with E-state index in [1.807, 2.05) is 20.8 Å². The predicted octanol–water partition coefficient (Wildman–Crippen LogP) is 2.28. The number of aryl methyl sites for hydroxylation is 1. The number of hydrogen-bond acceptors (Lipinski definition) is 5. The normalized spacial score (nSPS) is 11.7. The highest BCUT2D eigenvalue weighted by molar-refractivity contribution is 7.89. The summed E-state index contributed by atoms with van der Waals surface area (Å²) in [5.41, 5.74) is 1.80. The number of nitrogens with zero attached hydrogens (tertiary/aromatic N) is 1. The van der Waals surface area contributed by atoms with Crippen molar-refractivity contribution in [3.05, 3.63) is 40.4 Å². The van der Waals surface area contributed by atoms with E-state index < -0.39 is 10.0 Å². The predicted molar refractivity (Wildman–Crippen MR) is 90.9 cm³/mol. The minimum atomic E-state index is -3.68. The van der Waals surface area contributed by atoms with E-state index >= 15 is 0 Å². The van der Waals surface area contributed by atoms with Gasteiger partial charge in [0, 0.05) is 17.2 Å². The van der Waals surface area contributed by atoms with Gasteiger partial charge in [0.25, 0.3) is 0 Å². The van der Waals surface area contributed by atoms with Crippen LogP contribution in [0, 0.1) is 12.8 Å². The zero-order chi connectivity index (χ0) is 17.2. The Labute approximate surface area is 139 Å². The molecule has 1 aromatic carbocycles. The lowest BCUT2D eigenvalue weighted by atomic mass is 10.1. The van der Waals surface area contributed by atoms with Crippen LogP contribution >= 0.6 is 11.3 Å². The van der Waals surface area contributed by atoms with Gasteiger partial charge in [-0.1, -0.05) is 26.0 Å². The van der Waals surface area contributed by atoms with Gasteiger partial charge in [-0.25, -0.2) is 18.5 Å². The molecule has 0 atom stereocenters. The van der Waals surface area contributed by atoms with Gasteiger partial charge >= 0.3 is 0 Å². The van der Waals surface area contributed by atoms with Crippen molar-refractivity contribution in [2.75, 3.05) is 5.32 Å². The van der Waals surface area contributed by atoms with Gasteiger partial charge in [0.1, 0.15) is 0 Å². The SMILES string of the molecule is Cc1nc(NC(=O)C(C)C)sc1Cc1ccc(S(N)(=O)=O)cc1. The third-order valence-corrected chi connectivity index (χ3v) is 5.27. The van der Waals surface area contributed by atoms with Crippen LogP contribution in [0.4, 0.5) is 5.13 Å². The van der Waals surface area contributed by atoms with Gasteiger partial charge in [0.15, 0.2) is 5.13 Å². The van der Waals surface area contributed by atoms with Crippen LogP contribution in [0.5, 0.6) is 0 Å². The number of rotatable bonds is 5. The molecule has 3 N–H and O–H groups in total. The van der Waals surface area contributed by atoms with E-state index in [0.29, 0.717) is 11.6 Å². The highest BCUT2D eigenvalue weighted by Crippen LogP contribution is 2.26. The summed E-state index contributed by atoms with van der Waals surface area (Å²) >= 11 is 1.42. The van der Waals surface area contributed by atoms with Crippen LogP contribution in [0.25, 0.3) is 0 Å². The molecule has 0 bridgehead atoms. The summed E-state index contributed by atoms with van der Waals surface area (Å²) in [5.74, 6) is -0.170. The zero-order valence-electron chi connectivity index (χ0n) is 13.2. The molecule has 0 aliphatic carbocycles. The molecule has 0 saturated carbocycles. The van der Waals surface area contributed by atoms with Crippen molar-refractivity contribution < 1.29 is 13.2 Å². The van der Waals surface area contributed by atoms with Gasteiger partial charge in [-0.3, -0.25) is 4.79 Å². The van der Waals surface area contributed by atoms with Crippen molar-refractivity contribution in [3.8, 4) is 0 Å². The Bertz CT molecular complexity index is 809. The molecule has 0 aliphatic heterocycles. The van der Waals surface area contributed by atoms with Gasteiger partial charge in [0.05, 0.1) is 10.6 Å². The Hall–Kier alpha value is -1.77. The van der Waals surface area contributed by atoms with Crippen molar-refractivity contribution >= 4 is 32.4 Å². The molecule has 0 spiro atoms. The molecule has 6 nitrogen and oxygen atoms in total. The molecular formula is C15H19N3O3S2. The lowest BCUT2D eigenvalue weighted by molar-refractivity contribution is -0.118. The summed E-state index contributed by atoms with van der Waals surface area (Å²) in [6, 6.07) is 6.43. The maximum atomic E-state index is 11.7. The third-order valence-electron chi connectivity index (χ3n) is 3.26. The first-order valence-electron chi connectivity index (χ1n) is 7.05. The van der Waals surface area contributed by atoms with E-state index in [1.165, 1.54) is 23.5 Å². The van der Waals surface area contributed by atoms with Crippen LogP contribution in [0.3, 0.4) is 0 Å². The number of carbonyl (C=O) groups is 1. The molecule has 8 heteroatoms. The number of sulfonamides is 1. The van der Waals surface area contributed by atoms with Gasteiger partial charge in [-0.2, -0.15) is 0 Å². The van der Waals surface area contributed by atoms with Crippen LogP contribution in [-0.4, -0.2) is 19.3 Å². The van der Waals surface area contributed by atoms with Crippen molar-refractivity contribution in [1.29, 1.82) is 0 Å². The fraction of sp³-hybridized carbons (Fsp3) is 0.333. The number of benzene rings is 1. The quantitative estimate of drug-likeness (QED) is 0.861. The average molecular weight is 353 g/mol. The molecule has 1 amide bonds. The monoisotopic (exact) mass is 353 g/mol. The Morgan fingerprint density at radius 3 is 2.43 bits per heavy atom. The van der Waals surface area contributed by atoms with Crippen LogP contribution in [0.2, 0.25) is 0 Å². The maximum absolute atomic E-state index is 11.7. The van der Waals surface area contributed by atoms with E-state index in [0.717, 1.165) is 16.1 Å². The number of primary sulfonamides is 1. The largest absolute Gasteiger partial charge is 0.302 e. The summed E-state index contributed by atoms with van der Waals surface area (Å²) in [5, 5.41) is 8.45. The maximum Gasteiger partial charge on any atom is 0.238 e. The molecule has 0 radical (unpaired) electrons. The summed E-state index contributed by atoms with van der Waals surface area (Å²) in [7, 11) is -3.68. The highest BCUT2D eigenvalue weighted by Gasteiger charge is 2.13. The lowest BCUT2D eigenvalue weighted by Crippen LogP contribution is -2.17. The minimum absolute atomic E-state index is 0.0668. The highest BCUT2D eigenvalue weighted by atomic mass is 32.2. The second-order valence-corrected chi connectivity index (χ2v) is 8.18. The van der Waals surface area contributed by atoms with E-state index in [2.05, 4.69) is 10.3 Å². The first-order valence-corrected chi connectivity index (χ1v) is 9.42. The Kier molecular flexibility index (Phi) is 5.18. The number of nitrogens with two attached hydrogens (primary N) is 1. The molecule has 0 saturated heterocycles. The van der Waals surface area contributed by atoms with Crippen LogP contribution in [-0.2, 0) is 21.2 Å². The minimum Gasteiger partial charge on any atom is -0.302 e. The molecule has 0 unspecified atom stereocenters. The van der Waals surface area contributed by atoms with E-state index in [9.17, 15) is 13.2 Å². The van der Waals surface area contributed by atoms with Crippen molar-refractivity contribution in [3.63, 3.8) is 0 Å². The first-order chi connectivity index (χ1) is 10.7. The fourth-order valence-electron chi connectivity index (χ4n) is 1.88. The number of amides is 1. The Morgan fingerprint density at radius 2 is 1.91 bits per heavy atom. The molecule has 1 aromatic heterocycles. The number of thiazole rings is 1. The van der Waals surface area contributed by atoms with Crippen molar-refractivity contribution in [2.24, 2.45) is 11.1 Å². The van der Waals surface area contributed by atoms with E-state index in [-0.39, 0.29) is 16.7 Å². The number of anilines is 1. The molecule has 0 aliphatic rings. The fourth-order valence-corrected chi connectivity index (χ4v) is 3.39. The van der Waals surface area contributed by atoms with Crippen molar-refractivity contribution in [2.45, 2.75) is 32.1 Å². The first kappa shape index (κ1) is 17.6. The molecule has 124 valence electrons. The summed E-state index contributed by atoms with van der Waals surface area (Å²) in [6.45, 7) is 5.53. The van der Waals surface area contributed by atoms with Crippen LogP contribution in [0.1, 0.15) is 30.0 Å². The zero-order valence-corrected chi connectivity index (χ0v) is 14.8. The van der Waals surface area contributed by atoms with Crippen LogP contribution in [0.15, 0.2) is 29.2 Å².